The zero-order valence-electron chi connectivity index (χ0n) is 40.6. The Balaban J connectivity index is 1.12. The Morgan fingerprint density at radius 3 is 2.43 bits per heavy atom. The number of aliphatic hydroxyl groups excluding tert-OH is 5. The van der Waals surface area contributed by atoms with Crippen LogP contribution in [-0.2, 0) is 20.7 Å². The van der Waals surface area contributed by atoms with E-state index in [1.807, 2.05) is 19.1 Å². The minimum atomic E-state index is -2.01. The highest BCUT2D eigenvalue weighted by Crippen LogP contribution is 2.77. The summed E-state index contributed by atoms with van der Waals surface area (Å²) >= 11 is 0. The van der Waals surface area contributed by atoms with E-state index in [0.29, 0.717) is 87.1 Å². The van der Waals surface area contributed by atoms with E-state index in [0.717, 1.165) is 22.8 Å². The van der Waals surface area contributed by atoms with Gasteiger partial charge in [-0.2, -0.15) is 0 Å². The number of phenols is 1. The molecule has 5 aliphatic heterocycles. The van der Waals surface area contributed by atoms with Gasteiger partial charge in [-0.15, -0.1) is 0 Å². The number of aromatic hydroxyl groups is 1. The van der Waals surface area contributed by atoms with E-state index < -0.39 is 97.8 Å². The molecule has 12 aliphatic rings. The molecule has 19 unspecified atom stereocenters. The summed E-state index contributed by atoms with van der Waals surface area (Å²) in [4.78, 5) is 33.2. The molecule has 380 valence electrons. The first-order valence-electron chi connectivity index (χ1n) is 26.1. The van der Waals surface area contributed by atoms with Crippen LogP contribution in [0.1, 0.15) is 117 Å². The highest BCUT2D eigenvalue weighted by atomic mass is 33.1. The first-order valence-corrected chi connectivity index (χ1v) is 28.5. The second-order valence-corrected chi connectivity index (χ2v) is 27.1. The fourth-order valence-corrected chi connectivity index (χ4v) is 21.4. The molecule has 2 saturated heterocycles. The Morgan fingerprint density at radius 1 is 0.942 bits per heavy atom. The van der Waals surface area contributed by atoms with Crippen LogP contribution in [0.15, 0.2) is 42.0 Å². The fourth-order valence-electron chi connectivity index (χ4n) is 18.3. The molecule has 15 heteroatoms. The highest BCUT2D eigenvalue weighted by Gasteiger charge is 2.79. The van der Waals surface area contributed by atoms with Crippen LogP contribution >= 0.6 is 21.6 Å². The van der Waals surface area contributed by atoms with Crippen molar-refractivity contribution in [2.45, 2.75) is 164 Å². The number of ether oxygens (including phenoxy) is 1. The second-order valence-electron chi connectivity index (χ2n) is 24.6. The molecule has 13 nitrogen and oxygen atoms in total. The molecule has 9 N–H and O–H groups in total. The average Bonchev–Trinajstić information content (AvgIpc) is 3.89. The van der Waals surface area contributed by atoms with Gasteiger partial charge >= 0.3 is 0 Å². The van der Waals surface area contributed by atoms with Crippen LogP contribution < -0.4 is 4.90 Å². The molecular weight excluding hydrogens is 919 g/mol. The summed E-state index contributed by atoms with van der Waals surface area (Å²) in [5.41, 5.74) is -10.9. The minimum absolute atomic E-state index is 0.0303. The number of carbonyl (C=O) groups is 2. The topological polar surface area (TPSA) is 232 Å². The molecule has 1 aromatic rings. The molecule has 19 atom stereocenters. The number of amides is 1. The first-order chi connectivity index (χ1) is 32.7. The first kappa shape index (κ1) is 49.2. The van der Waals surface area contributed by atoms with E-state index in [-0.39, 0.29) is 67.9 Å². The second kappa shape index (κ2) is 16.5. The normalized spacial score (nSPS) is 50.6. The van der Waals surface area contributed by atoms with Gasteiger partial charge in [0.15, 0.2) is 5.78 Å². The zero-order valence-corrected chi connectivity index (χ0v) is 42.3. The number of fused-ring (bicyclic) bond motifs is 1. The quantitative estimate of drug-likeness (QED) is 0.105. The summed E-state index contributed by atoms with van der Waals surface area (Å²) in [6.45, 7) is 7.52. The molecular formula is C54H75NO12S2. The molecule has 13 rings (SSSR count). The molecule has 5 heterocycles. The van der Waals surface area contributed by atoms with Gasteiger partial charge in [-0.05, 0) is 147 Å². The summed E-state index contributed by atoms with van der Waals surface area (Å²) in [6.07, 6.45) is 7.87. The number of aliphatic hydroxyl groups is 8. The molecule has 5 saturated carbocycles. The minimum Gasteiger partial charge on any atom is -0.508 e. The predicted octanol–water partition coefficient (Wildman–Crippen LogP) is 5.21. The lowest BCUT2D eigenvalue weighted by Crippen LogP contribution is -2.72. The van der Waals surface area contributed by atoms with Crippen molar-refractivity contribution < 1.29 is 60.3 Å². The number of benzene rings is 1. The third-order valence-electron chi connectivity index (χ3n) is 22.0. The van der Waals surface area contributed by atoms with Crippen molar-refractivity contribution in [2.24, 2.45) is 68.5 Å². The Kier molecular flexibility index (Phi) is 11.8. The molecule has 8 bridgehead atoms. The average molecular weight is 994 g/mol. The van der Waals surface area contributed by atoms with E-state index in [1.165, 1.54) is 10.8 Å². The van der Waals surface area contributed by atoms with E-state index in [1.54, 1.807) is 23.1 Å². The highest BCUT2D eigenvalue weighted by molar-refractivity contribution is 8.76. The molecule has 4 spiro atoms. The van der Waals surface area contributed by atoms with Crippen LogP contribution in [-0.4, -0.2) is 130 Å². The number of phenolic OH excluding ortho intramolecular Hbond substituents is 1. The summed E-state index contributed by atoms with van der Waals surface area (Å²) in [6, 6.07) is 5.26. The van der Waals surface area contributed by atoms with E-state index >= 15 is 9.59 Å². The van der Waals surface area contributed by atoms with Crippen LogP contribution in [0.4, 0.5) is 5.69 Å². The third kappa shape index (κ3) is 6.24. The van der Waals surface area contributed by atoms with Crippen molar-refractivity contribution in [2.75, 3.05) is 30.4 Å². The molecule has 0 aromatic heterocycles. The lowest BCUT2D eigenvalue weighted by molar-refractivity contribution is -0.235. The van der Waals surface area contributed by atoms with Gasteiger partial charge in [0.2, 0.25) is 5.91 Å². The number of epoxide rings is 1. The standard InChI is InChI=1S/C54H75NO12S2/c1-29(2)30(3)43-44(67-43)52(65)15-6-10-32-20-37-38-22-41(60)51(23-42(61)49(64,28-57)26-47(37,51)4)46(63)69-68-25-34-9-5-8-33(24-56)54(34)45(62)55(27-48(54)14-7-11-40(48)59)35-18-31(19-36(58)21-35)12-16-50(32)39(52)13-17-53(38,50)66/h6,10,18-19,21-22,29-30,32-34,37,39-40,42-44,46,56-59,61,63-66H,5,7-9,11-17,20,23-28H2,1-4H3. The van der Waals surface area contributed by atoms with Crippen molar-refractivity contribution in [1.82, 2.24) is 0 Å². The predicted molar refractivity (Wildman–Crippen MR) is 261 cm³/mol. The van der Waals surface area contributed by atoms with E-state index in [4.69, 9.17) is 4.74 Å². The van der Waals surface area contributed by atoms with Gasteiger partial charge in [-0.1, -0.05) is 74.3 Å². The van der Waals surface area contributed by atoms with Crippen molar-refractivity contribution in [3.8, 4) is 5.75 Å². The zero-order chi connectivity index (χ0) is 49.1. The lowest BCUT2D eigenvalue weighted by atomic mass is 9.38. The number of hydrogen-bond acceptors (Lipinski definition) is 14. The van der Waals surface area contributed by atoms with Gasteiger partial charge in [0.1, 0.15) is 28.5 Å². The number of rotatable bonds is 5. The van der Waals surface area contributed by atoms with Gasteiger partial charge in [-0.25, -0.2) is 0 Å². The van der Waals surface area contributed by atoms with Gasteiger partial charge in [0.25, 0.3) is 0 Å². The van der Waals surface area contributed by atoms with E-state index in [2.05, 4.69) is 26.8 Å². The largest absolute Gasteiger partial charge is 0.508 e. The molecule has 1 aromatic carbocycles. The third-order valence-corrected chi connectivity index (χ3v) is 24.6. The van der Waals surface area contributed by atoms with Crippen LogP contribution in [0.5, 0.6) is 5.75 Å². The maximum atomic E-state index is 15.8. The summed E-state index contributed by atoms with van der Waals surface area (Å²) in [7, 11) is 2.46. The number of hydrogen-bond donors (Lipinski definition) is 9. The van der Waals surface area contributed by atoms with Gasteiger partial charge in [-0.3, -0.25) is 9.59 Å². The fraction of sp³-hybridized carbons (Fsp3) is 0.778. The Labute approximate surface area is 414 Å². The molecule has 69 heavy (non-hydrogen) atoms. The van der Waals surface area contributed by atoms with Crippen molar-refractivity contribution in [3.05, 3.63) is 47.6 Å². The summed E-state index contributed by atoms with van der Waals surface area (Å²) in [5.74, 6) is -2.15. The van der Waals surface area contributed by atoms with Gasteiger partial charge < -0.3 is 55.6 Å². The van der Waals surface area contributed by atoms with Crippen LogP contribution in [0.3, 0.4) is 0 Å². The monoisotopic (exact) mass is 993 g/mol. The Hall–Kier alpha value is -2.02. The van der Waals surface area contributed by atoms with E-state index in [9.17, 15) is 46.0 Å². The van der Waals surface area contributed by atoms with Gasteiger partial charge in [0, 0.05) is 47.4 Å². The van der Waals surface area contributed by atoms with Crippen LogP contribution in [0, 0.1) is 68.5 Å². The van der Waals surface area contributed by atoms with Crippen molar-refractivity contribution in [1.29, 1.82) is 0 Å². The van der Waals surface area contributed by atoms with Crippen LogP contribution in [0.25, 0.3) is 0 Å². The molecule has 0 radical (unpaired) electrons. The Bertz CT molecular complexity index is 2330. The lowest BCUT2D eigenvalue weighted by Gasteiger charge is -2.68. The van der Waals surface area contributed by atoms with Crippen molar-refractivity contribution in [3.63, 3.8) is 0 Å². The maximum absolute atomic E-state index is 15.8. The Morgan fingerprint density at radius 2 is 1.72 bits per heavy atom. The molecule has 1 amide bonds. The number of aryl methyl sites for hydroxylation is 1. The number of carbonyl (C=O) groups excluding carboxylic acids is 2. The molecule has 7 fully saturated rings. The SMILES string of the molecule is CC(C)C(C)C1OC1C1(O)CC=CC2CC3C4=CC(=O)C5(CC(O)C(O)(CO)CC35C)C(O)SSCC3CCCC(CO)C35C(=O)N(CC53CCCC3O)c3cc(O)cc(c3)CCC23C1CCC43O. The molecule has 7 aliphatic carbocycles. The number of anilines is 1. The van der Waals surface area contributed by atoms with Gasteiger partial charge in [0.05, 0.1) is 41.3 Å². The summed E-state index contributed by atoms with van der Waals surface area (Å²) in [5, 5.41) is 110. The summed E-state index contributed by atoms with van der Waals surface area (Å²) < 4.78 is 6.49. The number of nitrogens with zero attached hydrogens (tertiary/aromatic N) is 1. The number of ketones is 1. The maximum Gasteiger partial charge on any atom is 0.234 e. The van der Waals surface area contributed by atoms with Crippen LogP contribution in [0.2, 0.25) is 0 Å². The smallest absolute Gasteiger partial charge is 0.234 e. The van der Waals surface area contributed by atoms with Crippen molar-refractivity contribution >= 4 is 39.0 Å². The number of allylic oxidation sites excluding steroid dienone is 2.